The van der Waals surface area contributed by atoms with Crippen LogP contribution in [-0.4, -0.2) is 28.1 Å². The van der Waals surface area contributed by atoms with E-state index in [0.717, 1.165) is 6.42 Å². The second-order valence-corrected chi connectivity index (χ2v) is 7.42. The summed E-state index contributed by atoms with van der Waals surface area (Å²) in [5, 5.41) is 7.41. The SMILES string of the molecule is Cc1cc(=O)c(C(=O)Nc2cccc(N3CCCC3=O)c2)nn1-c1ccccc1Cl. The van der Waals surface area contributed by atoms with Crippen LogP contribution in [0.1, 0.15) is 29.0 Å². The lowest BCUT2D eigenvalue weighted by molar-refractivity contribution is -0.117. The van der Waals surface area contributed by atoms with Crippen molar-refractivity contribution in [1.82, 2.24) is 9.78 Å². The number of nitrogens with one attached hydrogen (secondary N) is 1. The van der Waals surface area contributed by atoms with Gasteiger partial charge < -0.3 is 10.2 Å². The van der Waals surface area contributed by atoms with E-state index in [2.05, 4.69) is 10.4 Å². The Morgan fingerprint density at radius 1 is 1.10 bits per heavy atom. The van der Waals surface area contributed by atoms with E-state index < -0.39 is 11.3 Å². The van der Waals surface area contributed by atoms with Crippen molar-refractivity contribution >= 4 is 34.8 Å². The highest BCUT2D eigenvalue weighted by Crippen LogP contribution is 2.24. The molecule has 0 atom stereocenters. The van der Waals surface area contributed by atoms with Crippen LogP contribution < -0.4 is 15.6 Å². The molecule has 8 heteroatoms. The Kier molecular flexibility index (Phi) is 5.37. The molecule has 30 heavy (non-hydrogen) atoms. The monoisotopic (exact) mass is 422 g/mol. The van der Waals surface area contributed by atoms with Gasteiger partial charge in [-0.15, -0.1) is 0 Å². The number of aryl methyl sites for hydroxylation is 1. The lowest BCUT2D eigenvalue weighted by atomic mass is 10.2. The highest BCUT2D eigenvalue weighted by molar-refractivity contribution is 6.32. The summed E-state index contributed by atoms with van der Waals surface area (Å²) >= 11 is 6.25. The van der Waals surface area contributed by atoms with Gasteiger partial charge in [0, 0.05) is 36.1 Å². The fourth-order valence-electron chi connectivity index (χ4n) is 3.44. The molecule has 1 aliphatic rings. The Balaban J connectivity index is 1.64. The van der Waals surface area contributed by atoms with Crippen LogP contribution in [0.5, 0.6) is 0 Å². The average molecular weight is 423 g/mol. The van der Waals surface area contributed by atoms with E-state index in [1.165, 1.54) is 10.7 Å². The lowest BCUT2D eigenvalue weighted by Crippen LogP contribution is -2.27. The topological polar surface area (TPSA) is 84.3 Å². The predicted molar refractivity (Wildman–Crippen MR) is 116 cm³/mol. The Morgan fingerprint density at radius 2 is 1.90 bits per heavy atom. The van der Waals surface area contributed by atoms with Crippen molar-refractivity contribution in [3.63, 3.8) is 0 Å². The predicted octanol–water partition coefficient (Wildman–Crippen LogP) is 3.57. The first kappa shape index (κ1) is 19.8. The number of aromatic nitrogens is 2. The van der Waals surface area contributed by atoms with Crippen LogP contribution >= 0.6 is 11.6 Å². The second-order valence-electron chi connectivity index (χ2n) is 7.02. The zero-order chi connectivity index (χ0) is 21.3. The summed E-state index contributed by atoms with van der Waals surface area (Å²) in [4.78, 5) is 38.9. The van der Waals surface area contributed by atoms with E-state index in [4.69, 9.17) is 11.6 Å². The van der Waals surface area contributed by atoms with Gasteiger partial charge in [-0.3, -0.25) is 14.4 Å². The molecule has 1 saturated heterocycles. The number of rotatable bonds is 4. The molecule has 152 valence electrons. The minimum atomic E-state index is -0.634. The van der Waals surface area contributed by atoms with Gasteiger partial charge in [0.2, 0.25) is 11.3 Å². The van der Waals surface area contributed by atoms with Crippen LogP contribution in [0.2, 0.25) is 5.02 Å². The number of hydrogen-bond donors (Lipinski definition) is 1. The molecular formula is C22H19ClN4O3. The number of nitrogens with zero attached hydrogens (tertiary/aromatic N) is 3. The molecule has 2 amide bonds. The first-order chi connectivity index (χ1) is 14.4. The maximum Gasteiger partial charge on any atom is 0.280 e. The van der Waals surface area contributed by atoms with Gasteiger partial charge in [-0.25, -0.2) is 4.68 Å². The normalized spacial score (nSPS) is 13.5. The number of carbonyl (C=O) groups excluding carboxylic acids is 2. The Labute approximate surface area is 177 Å². The Bertz CT molecular complexity index is 1200. The molecule has 0 aliphatic carbocycles. The van der Waals surface area contributed by atoms with Crippen LogP contribution in [0.25, 0.3) is 5.69 Å². The maximum atomic E-state index is 12.8. The first-order valence-electron chi connectivity index (χ1n) is 9.52. The van der Waals surface area contributed by atoms with Gasteiger partial charge >= 0.3 is 0 Å². The van der Waals surface area contributed by atoms with Gasteiger partial charge in [-0.2, -0.15) is 5.10 Å². The third-order valence-corrected chi connectivity index (χ3v) is 5.21. The van der Waals surface area contributed by atoms with Crippen molar-refractivity contribution in [3.8, 4) is 5.69 Å². The summed E-state index contributed by atoms with van der Waals surface area (Å²) in [6.45, 7) is 2.37. The molecule has 0 radical (unpaired) electrons. The van der Waals surface area contributed by atoms with E-state index in [-0.39, 0.29) is 11.6 Å². The molecule has 0 unspecified atom stereocenters. The zero-order valence-corrected chi connectivity index (χ0v) is 17.0. The molecule has 0 bridgehead atoms. The van der Waals surface area contributed by atoms with E-state index >= 15 is 0 Å². The van der Waals surface area contributed by atoms with Crippen molar-refractivity contribution in [3.05, 3.63) is 81.2 Å². The van der Waals surface area contributed by atoms with Crippen molar-refractivity contribution in [2.75, 3.05) is 16.8 Å². The third-order valence-electron chi connectivity index (χ3n) is 4.89. The van der Waals surface area contributed by atoms with E-state index in [1.807, 2.05) is 6.07 Å². The summed E-state index contributed by atoms with van der Waals surface area (Å²) in [5.74, 6) is -0.577. The molecule has 2 aromatic carbocycles. The summed E-state index contributed by atoms with van der Waals surface area (Å²) in [5.41, 5.74) is 1.57. The molecule has 1 aromatic heterocycles. The minimum absolute atomic E-state index is 0.0568. The summed E-state index contributed by atoms with van der Waals surface area (Å²) in [6, 6.07) is 15.4. The standard InChI is InChI=1S/C22H19ClN4O3/c1-14-12-19(28)21(25-27(14)18-9-3-2-8-17(18)23)22(30)24-15-6-4-7-16(13-15)26-11-5-10-20(26)29/h2-4,6-9,12-13H,5,10-11H2,1H3,(H,24,30). The lowest BCUT2D eigenvalue weighted by Gasteiger charge is -2.17. The molecule has 1 aliphatic heterocycles. The molecule has 7 nitrogen and oxygen atoms in total. The fraction of sp³-hybridized carbons (Fsp3) is 0.182. The second kappa shape index (κ2) is 8.12. The minimum Gasteiger partial charge on any atom is -0.320 e. The molecule has 1 fully saturated rings. The molecule has 4 rings (SSSR count). The van der Waals surface area contributed by atoms with Crippen LogP contribution in [0.4, 0.5) is 11.4 Å². The Hall–Kier alpha value is -3.45. The van der Waals surface area contributed by atoms with Crippen LogP contribution in [0.3, 0.4) is 0 Å². The number of halogens is 1. The van der Waals surface area contributed by atoms with Gasteiger partial charge in [-0.05, 0) is 43.7 Å². The summed E-state index contributed by atoms with van der Waals surface area (Å²) < 4.78 is 1.47. The molecular weight excluding hydrogens is 404 g/mol. The van der Waals surface area contributed by atoms with E-state index in [1.54, 1.807) is 54.3 Å². The fourth-order valence-corrected chi connectivity index (χ4v) is 3.65. The van der Waals surface area contributed by atoms with Gasteiger partial charge in [0.1, 0.15) is 0 Å². The van der Waals surface area contributed by atoms with Gasteiger partial charge in [-0.1, -0.05) is 29.8 Å². The molecule has 0 saturated carbocycles. The van der Waals surface area contributed by atoms with Crippen molar-refractivity contribution in [1.29, 1.82) is 0 Å². The van der Waals surface area contributed by atoms with E-state index in [9.17, 15) is 14.4 Å². The van der Waals surface area contributed by atoms with Crippen molar-refractivity contribution in [2.24, 2.45) is 0 Å². The number of anilines is 2. The molecule has 2 heterocycles. The Morgan fingerprint density at radius 3 is 2.63 bits per heavy atom. The van der Waals surface area contributed by atoms with Gasteiger partial charge in [0.15, 0.2) is 5.69 Å². The number of carbonyl (C=O) groups is 2. The summed E-state index contributed by atoms with van der Waals surface area (Å²) in [6.07, 6.45) is 1.33. The molecule has 1 N–H and O–H groups in total. The van der Waals surface area contributed by atoms with Crippen LogP contribution in [0.15, 0.2) is 59.4 Å². The van der Waals surface area contributed by atoms with E-state index in [0.29, 0.717) is 40.7 Å². The number of benzene rings is 2. The number of hydrogen-bond acceptors (Lipinski definition) is 4. The maximum absolute atomic E-state index is 12.8. The van der Waals surface area contributed by atoms with Gasteiger partial charge in [0.05, 0.1) is 10.7 Å². The number of amides is 2. The number of para-hydroxylation sites is 1. The van der Waals surface area contributed by atoms with Gasteiger partial charge in [0.25, 0.3) is 5.91 Å². The largest absolute Gasteiger partial charge is 0.320 e. The van der Waals surface area contributed by atoms with Crippen LogP contribution in [-0.2, 0) is 4.79 Å². The highest BCUT2D eigenvalue weighted by atomic mass is 35.5. The molecule has 3 aromatic rings. The average Bonchev–Trinajstić information content (AvgIpc) is 3.15. The van der Waals surface area contributed by atoms with Crippen molar-refractivity contribution in [2.45, 2.75) is 19.8 Å². The first-order valence-corrected chi connectivity index (χ1v) is 9.89. The quantitative estimate of drug-likeness (QED) is 0.696. The van der Waals surface area contributed by atoms with Crippen molar-refractivity contribution < 1.29 is 9.59 Å². The van der Waals surface area contributed by atoms with Crippen LogP contribution in [0, 0.1) is 6.92 Å². The summed E-state index contributed by atoms with van der Waals surface area (Å²) in [7, 11) is 0. The smallest absolute Gasteiger partial charge is 0.280 e. The molecule has 0 spiro atoms. The zero-order valence-electron chi connectivity index (χ0n) is 16.3. The highest BCUT2D eigenvalue weighted by Gasteiger charge is 2.22. The third kappa shape index (κ3) is 3.84.